The summed E-state index contributed by atoms with van der Waals surface area (Å²) in [6, 6.07) is 3.71. The molecule has 0 spiro atoms. The molecule has 2 heterocycles. The maximum absolute atomic E-state index is 11.7. The molecule has 0 saturated heterocycles. The molecule has 0 aliphatic rings. The van der Waals surface area contributed by atoms with Gasteiger partial charge in [0, 0.05) is 12.4 Å². The normalized spacial score (nSPS) is 12.3. The van der Waals surface area contributed by atoms with Crippen LogP contribution >= 0.6 is 11.8 Å². The molecule has 0 saturated carbocycles. The highest BCUT2D eigenvalue weighted by Gasteiger charge is 2.19. The number of thioether (sulfide) groups is 1. The van der Waals surface area contributed by atoms with Gasteiger partial charge in [-0.15, -0.1) is 0 Å². The Labute approximate surface area is 115 Å². The lowest BCUT2D eigenvalue weighted by Gasteiger charge is -2.12. The zero-order valence-corrected chi connectivity index (χ0v) is 11.7. The van der Waals surface area contributed by atoms with E-state index in [0.717, 1.165) is 10.5 Å². The van der Waals surface area contributed by atoms with Gasteiger partial charge in [-0.1, -0.05) is 18.7 Å². The molecule has 1 atom stereocenters. The van der Waals surface area contributed by atoms with Gasteiger partial charge in [-0.3, -0.25) is 9.78 Å². The lowest BCUT2D eigenvalue weighted by molar-refractivity contribution is -0.142. The number of pyridine rings is 1. The summed E-state index contributed by atoms with van der Waals surface area (Å²) in [5, 5.41) is 0.523. The van der Waals surface area contributed by atoms with E-state index in [0.29, 0.717) is 18.7 Å². The van der Waals surface area contributed by atoms with Gasteiger partial charge in [-0.2, -0.15) is 0 Å². The van der Waals surface area contributed by atoms with Gasteiger partial charge in [0.05, 0.1) is 11.6 Å². The highest BCUT2D eigenvalue weighted by atomic mass is 32.2. The second kappa shape index (κ2) is 6.47. The van der Waals surface area contributed by atoms with Crippen LogP contribution in [0.3, 0.4) is 0 Å². The second-order valence-electron chi connectivity index (χ2n) is 3.82. The molecular formula is C13H15N3O2S. The number of ether oxygens (including phenoxy) is 1. The van der Waals surface area contributed by atoms with E-state index in [4.69, 9.17) is 4.74 Å². The van der Waals surface area contributed by atoms with Crippen LogP contribution in [0.15, 0.2) is 29.6 Å². The number of rotatable bonds is 5. The van der Waals surface area contributed by atoms with Crippen molar-refractivity contribution in [2.75, 3.05) is 6.61 Å². The van der Waals surface area contributed by atoms with E-state index in [1.165, 1.54) is 11.8 Å². The summed E-state index contributed by atoms with van der Waals surface area (Å²) in [6.45, 7) is 4.15. The summed E-state index contributed by atoms with van der Waals surface area (Å²) in [6.07, 6.45) is 3.93. The third-order valence-electron chi connectivity index (χ3n) is 2.49. The van der Waals surface area contributed by atoms with E-state index < -0.39 is 0 Å². The largest absolute Gasteiger partial charge is 0.465 e. The molecule has 0 aliphatic heterocycles. The Morgan fingerprint density at radius 1 is 1.32 bits per heavy atom. The summed E-state index contributed by atoms with van der Waals surface area (Å²) in [7, 11) is 0. The third-order valence-corrected chi connectivity index (χ3v) is 3.77. The van der Waals surface area contributed by atoms with Crippen LogP contribution in [-0.4, -0.2) is 32.8 Å². The van der Waals surface area contributed by atoms with E-state index in [1.807, 2.05) is 19.1 Å². The number of fused-ring (bicyclic) bond motifs is 1. The average Bonchev–Trinajstić information content (AvgIpc) is 2.44. The number of nitrogens with zero attached hydrogens (tertiary/aromatic N) is 3. The third kappa shape index (κ3) is 3.41. The number of aromatic nitrogens is 3. The van der Waals surface area contributed by atoms with E-state index >= 15 is 0 Å². The minimum atomic E-state index is -0.235. The predicted molar refractivity (Wildman–Crippen MR) is 73.9 cm³/mol. The average molecular weight is 277 g/mol. The first-order valence-electron chi connectivity index (χ1n) is 6.15. The Morgan fingerprint density at radius 3 is 2.84 bits per heavy atom. The van der Waals surface area contributed by atoms with Crippen LogP contribution in [-0.2, 0) is 9.53 Å². The molecule has 6 heteroatoms. The Hall–Kier alpha value is -1.69. The van der Waals surface area contributed by atoms with Crippen molar-refractivity contribution in [1.82, 2.24) is 15.0 Å². The number of carbonyl (C=O) groups excluding carboxylic acids is 1. The first kappa shape index (κ1) is 13.7. The zero-order valence-electron chi connectivity index (χ0n) is 10.9. The summed E-state index contributed by atoms with van der Waals surface area (Å²) in [5.74, 6) is -0.198. The van der Waals surface area contributed by atoms with Gasteiger partial charge in [-0.25, -0.2) is 9.97 Å². The van der Waals surface area contributed by atoms with Crippen LogP contribution in [0.5, 0.6) is 0 Å². The molecule has 2 aromatic rings. The molecule has 0 N–H and O–H groups in total. The quantitative estimate of drug-likeness (QED) is 0.618. The minimum Gasteiger partial charge on any atom is -0.465 e. The standard InChI is InChI=1S/C13H15N3O2S/c1-3-10(13(17)18-4-2)19-11-6-5-9-12(16-11)15-8-7-14-9/h5-8,10H,3-4H2,1-2H3. The molecule has 0 aromatic carbocycles. The number of hydrogen-bond acceptors (Lipinski definition) is 6. The van der Waals surface area contributed by atoms with Crippen molar-refractivity contribution in [1.29, 1.82) is 0 Å². The molecule has 2 aromatic heterocycles. The van der Waals surface area contributed by atoms with Gasteiger partial charge in [0.1, 0.15) is 10.8 Å². The lowest BCUT2D eigenvalue weighted by Crippen LogP contribution is -2.19. The molecule has 5 nitrogen and oxygen atoms in total. The van der Waals surface area contributed by atoms with Crippen LogP contribution < -0.4 is 0 Å². The highest BCUT2D eigenvalue weighted by molar-refractivity contribution is 8.00. The summed E-state index contributed by atoms with van der Waals surface area (Å²) >= 11 is 1.40. The minimum absolute atomic E-state index is 0.198. The number of hydrogen-bond donors (Lipinski definition) is 0. The molecular weight excluding hydrogens is 262 g/mol. The molecule has 2 rings (SSSR count). The van der Waals surface area contributed by atoms with Crippen molar-refractivity contribution in [3.05, 3.63) is 24.5 Å². The maximum atomic E-state index is 11.7. The van der Waals surface area contributed by atoms with Crippen molar-refractivity contribution in [3.8, 4) is 0 Å². The fourth-order valence-electron chi connectivity index (χ4n) is 1.58. The zero-order chi connectivity index (χ0) is 13.7. The summed E-state index contributed by atoms with van der Waals surface area (Å²) in [5.41, 5.74) is 1.34. The van der Waals surface area contributed by atoms with Gasteiger partial charge >= 0.3 is 5.97 Å². The maximum Gasteiger partial charge on any atom is 0.319 e. The van der Waals surface area contributed by atoms with E-state index in [1.54, 1.807) is 19.3 Å². The molecule has 0 bridgehead atoms. The van der Waals surface area contributed by atoms with E-state index in [-0.39, 0.29) is 11.2 Å². The lowest BCUT2D eigenvalue weighted by atomic mass is 10.3. The van der Waals surface area contributed by atoms with E-state index in [9.17, 15) is 4.79 Å². The fourth-order valence-corrected chi connectivity index (χ4v) is 2.49. The smallest absolute Gasteiger partial charge is 0.319 e. The molecule has 1 unspecified atom stereocenters. The van der Waals surface area contributed by atoms with Crippen LogP contribution in [0, 0.1) is 0 Å². The van der Waals surface area contributed by atoms with Crippen LogP contribution in [0.4, 0.5) is 0 Å². The first-order valence-corrected chi connectivity index (χ1v) is 7.03. The second-order valence-corrected chi connectivity index (χ2v) is 5.04. The van der Waals surface area contributed by atoms with Crippen LogP contribution in [0.2, 0.25) is 0 Å². The summed E-state index contributed by atoms with van der Waals surface area (Å²) in [4.78, 5) is 24.4. The van der Waals surface area contributed by atoms with Gasteiger partial charge in [0.15, 0.2) is 5.65 Å². The van der Waals surface area contributed by atoms with E-state index in [2.05, 4.69) is 15.0 Å². The molecule has 0 aliphatic carbocycles. The first-order chi connectivity index (χ1) is 9.24. The van der Waals surface area contributed by atoms with Crippen LogP contribution in [0.25, 0.3) is 11.2 Å². The Kier molecular flexibility index (Phi) is 4.68. The topological polar surface area (TPSA) is 65.0 Å². The summed E-state index contributed by atoms with van der Waals surface area (Å²) < 4.78 is 5.04. The molecule has 0 radical (unpaired) electrons. The van der Waals surface area contributed by atoms with Gasteiger partial charge in [0.25, 0.3) is 0 Å². The molecule has 0 amide bonds. The molecule has 0 fully saturated rings. The SMILES string of the molecule is CCOC(=O)C(CC)Sc1ccc2nccnc2n1. The fraction of sp³-hybridized carbons (Fsp3) is 0.385. The van der Waals surface area contributed by atoms with Crippen molar-refractivity contribution < 1.29 is 9.53 Å². The molecule has 19 heavy (non-hydrogen) atoms. The highest BCUT2D eigenvalue weighted by Crippen LogP contribution is 2.25. The monoisotopic (exact) mass is 277 g/mol. The van der Waals surface area contributed by atoms with Gasteiger partial charge in [-0.05, 0) is 25.5 Å². The number of esters is 1. The van der Waals surface area contributed by atoms with Crippen LogP contribution in [0.1, 0.15) is 20.3 Å². The Morgan fingerprint density at radius 2 is 2.11 bits per heavy atom. The van der Waals surface area contributed by atoms with Crippen molar-refractivity contribution in [2.45, 2.75) is 30.5 Å². The van der Waals surface area contributed by atoms with Crippen molar-refractivity contribution in [2.24, 2.45) is 0 Å². The van der Waals surface area contributed by atoms with Gasteiger partial charge < -0.3 is 4.74 Å². The predicted octanol–water partition coefficient (Wildman–Crippen LogP) is 2.46. The number of carbonyl (C=O) groups is 1. The van der Waals surface area contributed by atoms with Crippen molar-refractivity contribution >= 4 is 28.9 Å². The Bertz CT molecular complexity index is 577. The van der Waals surface area contributed by atoms with Gasteiger partial charge in [0.2, 0.25) is 0 Å². The molecule has 100 valence electrons. The van der Waals surface area contributed by atoms with Crippen molar-refractivity contribution in [3.63, 3.8) is 0 Å². The Balaban J connectivity index is 2.17.